The number of carbonyl (C=O) groups excluding carboxylic acids is 5. The van der Waals surface area contributed by atoms with E-state index in [9.17, 15) is 24.0 Å². The summed E-state index contributed by atoms with van der Waals surface area (Å²) in [5.41, 5.74) is 0.147. The van der Waals surface area contributed by atoms with Gasteiger partial charge in [0, 0.05) is 12.5 Å². The molecule has 0 aliphatic carbocycles. The number of hydrogen-bond donors (Lipinski definition) is 5. The molecule has 1 aliphatic rings. The van der Waals surface area contributed by atoms with E-state index in [1.807, 2.05) is 52.8 Å². The summed E-state index contributed by atoms with van der Waals surface area (Å²) < 4.78 is 11.3. The summed E-state index contributed by atoms with van der Waals surface area (Å²) in [6.45, 7) is 11.4. The topological polar surface area (TPSA) is 152 Å². The minimum Gasteiger partial charge on any atom is -0.445 e. The van der Waals surface area contributed by atoms with E-state index in [-0.39, 0.29) is 31.3 Å². The Morgan fingerprint density at radius 3 is 2.17 bits per heavy atom. The van der Waals surface area contributed by atoms with Crippen LogP contribution in [0.5, 0.6) is 0 Å². The molecule has 1 saturated heterocycles. The SMILES string of the molecule is CC(C)C[C@H](NC(=O)[C@@H](NC(=O)OCc1ccccc1)[C@@H](C)OC(C)(C)C)C(=O)N[C@@H](C[C@@H]1CCNC1=O)C(=O)S. The fourth-order valence-electron chi connectivity index (χ4n) is 4.53. The Bertz CT molecular complexity index is 1060. The maximum absolute atomic E-state index is 13.5. The largest absolute Gasteiger partial charge is 0.445 e. The standard InChI is InChI=1S/C29H44N4O7S/c1-17(2)14-21(25(35)32-22(27(37)41)15-20-12-13-30-24(20)34)31-26(36)23(18(3)40-29(4,5)6)33-28(38)39-16-19-10-8-7-9-11-19/h7-11,17-18,20-23H,12-16H2,1-6H3,(H,30,34)(H,31,36)(H,32,35)(H,33,38)(H,37,41)/t18-,20+,21+,22+,23+/m1/s1. The molecule has 1 aliphatic heterocycles. The summed E-state index contributed by atoms with van der Waals surface area (Å²) in [6.07, 6.45) is -0.684. The van der Waals surface area contributed by atoms with Crippen LogP contribution in [0.1, 0.15) is 66.4 Å². The molecular formula is C29H44N4O7S. The fraction of sp³-hybridized carbons (Fsp3) is 0.621. The third-order valence-corrected chi connectivity index (χ3v) is 6.73. The van der Waals surface area contributed by atoms with Crippen LogP contribution in [-0.4, -0.2) is 65.3 Å². The van der Waals surface area contributed by atoms with Gasteiger partial charge < -0.3 is 30.7 Å². The zero-order valence-electron chi connectivity index (χ0n) is 24.7. The van der Waals surface area contributed by atoms with Crippen molar-refractivity contribution in [1.29, 1.82) is 0 Å². The summed E-state index contributed by atoms with van der Waals surface area (Å²) in [7, 11) is 0. The average Bonchev–Trinajstić information content (AvgIpc) is 3.28. The second-order valence-corrected chi connectivity index (χ2v) is 12.2. The van der Waals surface area contributed by atoms with Crippen LogP contribution in [0.25, 0.3) is 0 Å². The van der Waals surface area contributed by atoms with E-state index in [1.165, 1.54) is 0 Å². The molecule has 4 amide bonds. The number of nitrogens with one attached hydrogen (secondary N) is 4. The molecule has 228 valence electrons. The van der Waals surface area contributed by atoms with Crippen LogP contribution in [-0.2, 0) is 35.3 Å². The number of carbonyl (C=O) groups is 5. The van der Waals surface area contributed by atoms with Crippen LogP contribution < -0.4 is 21.3 Å². The van der Waals surface area contributed by atoms with Gasteiger partial charge >= 0.3 is 6.09 Å². The van der Waals surface area contributed by atoms with Crippen molar-refractivity contribution in [3.05, 3.63) is 35.9 Å². The van der Waals surface area contributed by atoms with E-state index >= 15 is 0 Å². The van der Waals surface area contributed by atoms with E-state index in [2.05, 4.69) is 33.9 Å². The number of ether oxygens (including phenoxy) is 2. The summed E-state index contributed by atoms with van der Waals surface area (Å²) in [6, 6.07) is 5.88. The zero-order valence-corrected chi connectivity index (χ0v) is 25.6. The van der Waals surface area contributed by atoms with Crippen LogP contribution in [0.3, 0.4) is 0 Å². The minimum absolute atomic E-state index is 0.00214. The highest BCUT2D eigenvalue weighted by molar-refractivity contribution is 7.96. The van der Waals surface area contributed by atoms with Crippen molar-refractivity contribution in [3.8, 4) is 0 Å². The Morgan fingerprint density at radius 1 is 1.00 bits per heavy atom. The third kappa shape index (κ3) is 12.1. The normalized spacial score (nSPS) is 18.0. The summed E-state index contributed by atoms with van der Waals surface area (Å²) >= 11 is 3.91. The van der Waals surface area contributed by atoms with Crippen molar-refractivity contribution in [3.63, 3.8) is 0 Å². The molecule has 0 spiro atoms. The fourth-order valence-corrected chi connectivity index (χ4v) is 4.70. The Morgan fingerprint density at radius 2 is 1.63 bits per heavy atom. The Kier molecular flexibility index (Phi) is 13.1. The molecule has 11 nitrogen and oxygen atoms in total. The number of alkyl carbamates (subject to hydrolysis) is 1. The first kappa shape index (κ1) is 34.1. The molecule has 0 bridgehead atoms. The second-order valence-electron chi connectivity index (χ2n) is 11.7. The van der Waals surface area contributed by atoms with Crippen molar-refractivity contribution in [2.24, 2.45) is 11.8 Å². The van der Waals surface area contributed by atoms with Gasteiger partial charge in [0.1, 0.15) is 18.7 Å². The number of rotatable bonds is 14. The van der Waals surface area contributed by atoms with E-state index in [0.717, 1.165) is 5.56 Å². The van der Waals surface area contributed by atoms with Gasteiger partial charge in [0.2, 0.25) is 22.8 Å². The average molecular weight is 593 g/mol. The molecule has 2 rings (SSSR count). The predicted molar refractivity (Wildman–Crippen MR) is 157 cm³/mol. The number of benzene rings is 1. The Hall–Kier alpha value is -3.12. The van der Waals surface area contributed by atoms with Crippen LogP contribution in [0, 0.1) is 11.8 Å². The molecule has 5 atom stereocenters. The first-order valence-electron chi connectivity index (χ1n) is 13.9. The number of thiol groups is 1. The molecule has 41 heavy (non-hydrogen) atoms. The molecule has 1 aromatic rings. The van der Waals surface area contributed by atoms with Crippen molar-refractivity contribution < 1.29 is 33.4 Å². The lowest BCUT2D eigenvalue weighted by molar-refractivity contribution is -0.136. The quantitative estimate of drug-likeness (QED) is 0.208. The molecule has 0 radical (unpaired) electrons. The predicted octanol–water partition coefficient (Wildman–Crippen LogP) is 2.48. The summed E-state index contributed by atoms with van der Waals surface area (Å²) in [5.74, 6) is -1.83. The molecule has 1 fully saturated rings. The van der Waals surface area contributed by atoms with Gasteiger partial charge in [0.15, 0.2) is 0 Å². The van der Waals surface area contributed by atoms with E-state index in [4.69, 9.17) is 9.47 Å². The van der Waals surface area contributed by atoms with Crippen LogP contribution in [0.15, 0.2) is 30.3 Å². The lowest BCUT2D eigenvalue weighted by Crippen LogP contribution is -2.59. The van der Waals surface area contributed by atoms with Crippen LogP contribution in [0.4, 0.5) is 4.79 Å². The van der Waals surface area contributed by atoms with Gasteiger partial charge in [-0.25, -0.2) is 4.79 Å². The molecule has 0 unspecified atom stereocenters. The summed E-state index contributed by atoms with van der Waals surface area (Å²) in [5, 5.41) is 10.1. The van der Waals surface area contributed by atoms with Gasteiger partial charge in [0.05, 0.1) is 17.7 Å². The number of hydrogen-bond acceptors (Lipinski definition) is 7. The summed E-state index contributed by atoms with van der Waals surface area (Å²) in [4.78, 5) is 63.8. The van der Waals surface area contributed by atoms with Gasteiger partial charge in [-0.3, -0.25) is 19.2 Å². The molecular weight excluding hydrogens is 548 g/mol. The first-order valence-corrected chi connectivity index (χ1v) is 14.4. The van der Waals surface area contributed by atoms with E-state index in [0.29, 0.717) is 13.0 Å². The van der Waals surface area contributed by atoms with Crippen LogP contribution in [0.2, 0.25) is 0 Å². The van der Waals surface area contributed by atoms with Gasteiger partial charge in [0.25, 0.3) is 0 Å². The zero-order chi connectivity index (χ0) is 30.7. The highest BCUT2D eigenvalue weighted by Crippen LogP contribution is 2.18. The van der Waals surface area contributed by atoms with Crippen molar-refractivity contribution in [2.45, 2.75) is 97.2 Å². The smallest absolute Gasteiger partial charge is 0.408 e. The number of amides is 4. The Labute approximate surface area is 247 Å². The van der Waals surface area contributed by atoms with E-state index < -0.39 is 58.8 Å². The van der Waals surface area contributed by atoms with Crippen molar-refractivity contribution in [1.82, 2.24) is 21.3 Å². The first-order chi connectivity index (χ1) is 19.2. The van der Waals surface area contributed by atoms with Crippen LogP contribution >= 0.6 is 12.6 Å². The lowest BCUT2D eigenvalue weighted by Gasteiger charge is -2.32. The third-order valence-electron chi connectivity index (χ3n) is 6.42. The molecule has 4 N–H and O–H groups in total. The molecule has 0 aromatic heterocycles. The van der Waals surface area contributed by atoms with Crippen molar-refractivity contribution in [2.75, 3.05) is 6.54 Å². The van der Waals surface area contributed by atoms with Gasteiger partial charge in [-0.2, -0.15) is 0 Å². The monoisotopic (exact) mass is 592 g/mol. The van der Waals surface area contributed by atoms with Gasteiger partial charge in [-0.15, -0.1) is 12.6 Å². The maximum atomic E-state index is 13.5. The Balaban J connectivity index is 2.16. The van der Waals surface area contributed by atoms with Crippen molar-refractivity contribution >= 4 is 41.6 Å². The maximum Gasteiger partial charge on any atom is 0.408 e. The second kappa shape index (κ2) is 15.8. The molecule has 0 saturated carbocycles. The highest BCUT2D eigenvalue weighted by Gasteiger charge is 2.36. The minimum atomic E-state index is -1.19. The molecule has 12 heteroatoms. The highest BCUT2D eigenvalue weighted by atomic mass is 32.1. The van der Waals surface area contributed by atoms with E-state index in [1.54, 1.807) is 19.1 Å². The van der Waals surface area contributed by atoms with Gasteiger partial charge in [-0.1, -0.05) is 44.2 Å². The molecule has 1 aromatic carbocycles. The van der Waals surface area contributed by atoms with Gasteiger partial charge in [-0.05, 0) is 58.4 Å². The lowest BCUT2D eigenvalue weighted by atomic mass is 9.97. The molecule has 1 heterocycles.